The lowest BCUT2D eigenvalue weighted by Crippen LogP contribution is -2.00. The average Bonchev–Trinajstić information content (AvgIpc) is 2.12. The van der Waals surface area contributed by atoms with Gasteiger partial charge in [0.1, 0.15) is 0 Å². The van der Waals surface area contributed by atoms with Crippen molar-refractivity contribution in [2.24, 2.45) is 5.73 Å². The van der Waals surface area contributed by atoms with Gasteiger partial charge >= 0.3 is 0 Å². The van der Waals surface area contributed by atoms with Gasteiger partial charge in [-0.3, -0.25) is 0 Å². The van der Waals surface area contributed by atoms with E-state index in [9.17, 15) is 8.42 Å². The molecule has 0 aliphatic carbocycles. The summed E-state index contributed by atoms with van der Waals surface area (Å²) in [6.45, 7) is 0.385. The topological polar surface area (TPSA) is 60.2 Å². The first-order valence-electron chi connectivity index (χ1n) is 4.31. The van der Waals surface area contributed by atoms with E-state index < -0.39 is 9.84 Å². The summed E-state index contributed by atoms with van der Waals surface area (Å²) in [6, 6.07) is 5.04. The van der Waals surface area contributed by atoms with Crippen molar-refractivity contribution in [2.75, 3.05) is 12.8 Å². The summed E-state index contributed by atoms with van der Waals surface area (Å²) in [6.07, 6.45) is 4.62. The monoisotopic (exact) mass is 289 g/mol. The molecule has 1 aromatic carbocycles. The van der Waals surface area contributed by atoms with E-state index >= 15 is 0 Å². The normalized spacial score (nSPS) is 12.2. The predicted octanol–water partition coefficient (Wildman–Crippen LogP) is 1.82. The molecule has 0 aliphatic heterocycles. The Bertz CT molecular complexity index is 480. The molecule has 0 aliphatic rings. The van der Waals surface area contributed by atoms with Crippen molar-refractivity contribution in [2.45, 2.75) is 4.90 Å². The molecule has 1 rings (SSSR count). The van der Waals surface area contributed by atoms with Crippen LogP contribution in [0.1, 0.15) is 5.56 Å². The number of hydrogen-bond donors (Lipinski definition) is 1. The van der Waals surface area contributed by atoms with E-state index in [2.05, 4.69) is 15.9 Å². The van der Waals surface area contributed by atoms with Gasteiger partial charge in [-0.25, -0.2) is 8.42 Å². The second-order valence-corrected chi connectivity index (χ2v) is 5.99. The molecule has 15 heavy (non-hydrogen) atoms. The lowest BCUT2D eigenvalue weighted by molar-refractivity contribution is 0.601. The van der Waals surface area contributed by atoms with Crippen LogP contribution in [0.5, 0.6) is 0 Å². The number of sulfone groups is 1. The Morgan fingerprint density at radius 1 is 1.47 bits per heavy atom. The highest BCUT2D eigenvalue weighted by atomic mass is 79.9. The maximum atomic E-state index is 11.4. The molecule has 5 heteroatoms. The fourth-order valence-corrected chi connectivity index (χ4v) is 2.43. The molecule has 0 amide bonds. The molecule has 0 bridgehead atoms. The summed E-state index contributed by atoms with van der Waals surface area (Å²) in [4.78, 5) is 0.315. The van der Waals surface area contributed by atoms with Crippen molar-refractivity contribution in [1.82, 2.24) is 0 Å². The van der Waals surface area contributed by atoms with Gasteiger partial charge < -0.3 is 5.73 Å². The van der Waals surface area contributed by atoms with Crippen LogP contribution in [0.15, 0.2) is 33.6 Å². The van der Waals surface area contributed by atoms with Crippen molar-refractivity contribution < 1.29 is 8.42 Å². The van der Waals surface area contributed by atoms with Crippen LogP contribution in [-0.2, 0) is 9.84 Å². The van der Waals surface area contributed by atoms with Gasteiger partial charge in [-0.2, -0.15) is 0 Å². The lowest BCUT2D eigenvalue weighted by atomic mass is 10.2. The minimum atomic E-state index is -3.19. The van der Waals surface area contributed by atoms with Gasteiger partial charge in [0.15, 0.2) is 9.84 Å². The van der Waals surface area contributed by atoms with Crippen LogP contribution in [0.25, 0.3) is 6.08 Å². The largest absolute Gasteiger partial charge is 0.327 e. The number of nitrogens with two attached hydrogens (primary N) is 1. The average molecular weight is 290 g/mol. The number of rotatable bonds is 3. The standard InChI is InChI=1S/C10H12BrNO2S/c1-15(13,14)10-5-4-9(11)7-8(10)3-2-6-12/h2-5,7H,6,12H2,1H3/b3-2+. The maximum Gasteiger partial charge on any atom is 0.176 e. The van der Waals surface area contributed by atoms with Crippen LogP contribution in [0, 0.1) is 0 Å². The SMILES string of the molecule is CS(=O)(=O)c1ccc(Br)cc1/C=C/CN. The van der Waals surface area contributed by atoms with Crippen molar-refractivity contribution in [3.8, 4) is 0 Å². The fraction of sp³-hybridized carbons (Fsp3) is 0.200. The van der Waals surface area contributed by atoms with Gasteiger partial charge in [-0.05, 0) is 23.8 Å². The highest BCUT2D eigenvalue weighted by Crippen LogP contribution is 2.21. The molecule has 0 unspecified atom stereocenters. The summed E-state index contributed by atoms with van der Waals surface area (Å²) in [5.74, 6) is 0. The van der Waals surface area contributed by atoms with E-state index in [4.69, 9.17) is 5.73 Å². The van der Waals surface area contributed by atoms with Gasteiger partial charge in [-0.15, -0.1) is 0 Å². The molecule has 0 aromatic heterocycles. The van der Waals surface area contributed by atoms with Gasteiger partial charge in [0.25, 0.3) is 0 Å². The molecular formula is C10H12BrNO2S. The third-order valence-electron chi connectivity index (χ3n) is 1.80. The van der Waals surface area contributed by atoms with Gasteiger partial charge in [0.05, 0.1) is 4.90 Å². The highest BCUT2D eigenvalue weighted by Gasteiger charge is 2.11. The van der Waals surface area contributed by atoms with E-state index in [-0.39, 0.29) is 0 Å². The Morgan fingerprint density at radius 3 is 2.67 bits per heavy atom. The van der Waals surface area contributed by atoms with E-state index in [1.165, 1.54) is 6.26 Å². The first-order chi connectivity index (χ1) is 6.95. The van der Waals surface area contributed by atoms with E-state index in [0.717, 1.165) is 4.47 Å². The van der Waals surface area contributed by atoms with Crippen LogP contribution in [0.4, 0.5) is 0 Å². The van der Waals surface area contributed by atoms with E-state index in [1.54, 1.807) is 30.4 Å². The molecule has 0 saturated carbocycles. The molecule has 1 aromatic rings. The summed E-state index contributed by atoms with van der Waals surface area (Å²) in [5, 5.41) is 0. The van der Waals surface area contributed by atoms with Crippen molar-refractivity contribution in [3.63, 3.8) is 0 Å². The zero-order valence-electron chi connectivity index (χ0n) is 8.27. The Labute approximate surface area is 98.0 Å². The Hall–Kier alpha value is -0.650. The van der Waals surface area contributed by atoms with Crippen molar-refractivity contribution in [1.29, 1.82) is 0 Å². The first kappa shape index (κ1) is 12.4. The molecule has 0 fully saturated rings. The highest BCUT2D eigenvalue weighted by molar-refractivity contribution is 9.10. The molecule has 82 valence electrons. The molecule has 2 N–H and O–H groups in total. The quantitative estimate of drug-likeness (QED) is 0.923. The van der Waals surface area contributed by atoms with Crippen molar-refractivity contribution >= 4 is 31.8 Å². The molecule has 0 atom stereocenters. The maximum absolute atomic E-state index is 11.4. The summed E-state index contributed by atoms with van der Waals surface area (Å²) in [7, 11) is -3.19. The third-order valence-corrected chi connectivity index (χ3v) is 3.47. The van der Waals surface area contributed by atoms with E-state index in [0.29, 0.717) is 17.0 Å². The van der Waals surface area contributed by atoms with Gasteiger partial charge in [0, 0.05) is 17.3 Å². The molecular weight excluding hydrogens is 278 g/mol. The second kappa shape index (κ2) is 4.92. The number of benzene rings is 1. The van der Waals surface area contributed by atoms with Crippen LogP contribution in [-0.4, -0.2) is 21.2 Å². The molecule has 3 nitrogen and oxygen atoms in total. The molecule has 0 saturated heterocycles. The molecule has 0 spiro atoms. The molecule has 0 heterocycles. The smallest absolute Gasteiger partial charge is 0.176 e. The molecule has 0 radical (unpaired) electrons. The Morgan fingerprint density at radius 2 is 2.13 bits per heavy atom. The Balaban J connectivity index is 3.33. The Kier molecular flexibility index (Phi) is 4.07. The summed E-state index contributed by atoms with van der Waals surface area (Å²) < 4.78 is 23.7. The van der Waals surface area contributed by atoms with Crippen molar-refractivity contribution in [3.05, 3.63) is 34.3 Å². The predicted molar refractivity (Wildman–Crippen MR) is 65.3 cm³/mol. The van der Waals surface area contributed by atoms with Crippen LogP contribution < -0.4 is 5.73 Å². The third kappa shape index (κ3) is 3.44. The first-order valence-corrected chi connectivity index (χ1v) is 7.00. The van der Waals surface area contributed by atoms with E-state index in [1.807, 2.05) is 0 Å². The summed E-state index contributed by atoms with van der Waals surface area (Å²) >= 11 is 3.29. The minimum Gasteiger partial charge on any atom is -0.327 e. The number of halogens is 1. The summed E-state index contributed by atoms with van der Waals surface area (Å²) in [5.41, 5.74) is 5.98. The minimum absolute atomic E-state index is 0.315. The van der Waals surface area contributed by atoms with Gasteiger partial charge in [0.2, 0.25) is 0 Å². The zero-order chi connectivity index (χ0) is 11.5. The fourth-order valence-electron chi connectivity index (χ4n) is 1.18. The van der Waals surface area contributed by atoms with Crippen LogP contribution >= 0.6 is 15.9 Å². The van der Waals surface area contributed by atoms with Crippen LogP contribution in [0.3, 0.4) is 0 Å². The van der Waals surface area contributed by atoms with Crippen LogP contribution in [0.2, 0.25) is 0 Å². The zero-order valence-corrected chi connectivity index (χ0v) is 10.7. The van der Waals surface area contributed by atoms with Gasteiger partial charge in [-0.1, -0.05) is 28.1 Å². The number of hydrogen-bond acceptors (Lipinski definition) is 3. The lowest BCUT2D eigenvalue weighted by Gasteiger charge is -2.04. The second-order valence-electron chi connectivity index (χ2n) is 3.09.